The van der Waals surface area contributed by atoms with E-state index in [1.807, 2.05) is 6.07 Å². The van der Waals surface area contributed by atoms with E-state index in [1.54, 1.807) is 42.6 Å². The molecule has 37 heavy (non-hydrogen) atoms. The number of methoxy groups -OCH3 is 1. The van der Waals surface area contributed by atoms with Gasteiger partial charge in [-0.2, -0.15) is 0 Å². The number of pyridine rings is 1. The largest absolute Gasteiger partial charge is 0.467 e. The molecule has 0 aliphatic heterocycles. The van der Waals surface area contributed by atoms with Gasteiger partial charge in [0.2, 0.25) is 0 Å². The third-order valence-electron chi connectivity index (χ3n) is 5.69. The van der Waals surface area contributed by atoms with Crippen LogP contribution >= 0.6 is 46.4 Å². The molecular weight excluding hydrogens is 556 g/mol. The first kappa shape index (κ1) is 26.7. The molecule has 186 valence electrons. The highest BCUT2D eigenvalue weighted by Gasteiger charge is 2.26. The lowest BCUT2D eigenvalue weighted by atomic mass is 9.95. The third kappa shape index (κ3) is 5.51. The Kier molecular flexibility index (Phi) is 8.21. The van der Waals surface area contributed by atoms with Crippen molar-refractivity contribution in [2.24, 2.45) is 0 Å². The summed E-state index contributed by atoms with van der Waals surface area (Å²) in [5.74, 6) is -1.25. The highest BCUT2D eigenvalue weighted by atomic mass is 35.5. The van der Waals surface area contributed by atoms with Gasteiger partial charge in [-0.15, -0.1) is 0 Å². The van der Waals surface area contributed by atoms with Gasteiger partial charge in [-0.3, -0.25) is 9.78 Å². The maximum Gasteiger partial charge on any atom is 0.328 e. The summed E-state index contributed by atoms with van der Waals surface area (Å²) in [7, 11) is 1.24. The summed E-state index contributed by atoms with van der Waals surface area (Å²) >= 11 is 25.3. The molecule has 10 heteroatoms. The molecule has 0 fully saturated rings. The lowest BCUT2D eigenvalue weighted by Gasteiger charge is -2.19. The number of halogens is 4. The molecule has 0 saturated carbocycles. The zero-order valence-corrected chi connectivity index (χ0v) is 22.2. The molecule has 1 atom stereocenters. The van der Waals surface area contributed by atoms with Gasteiger partial charge in [0.25, 0.3) is 5.91 Å². The Balaban J connectivity index is 1.75. The fraction of sp³-hybridized carbons (Fsp3) is 0.111. The van der Waals surface area contributed by atoms with Gasteiger partial charge in [0.15, 0.2) is 5.69 Å². The number of hydrogen-bond acceptors (Lipinski definition) is 4. The number of benzene rings is 3. The molecule has 0 aliphatic rings. The number of hydrogen-bond donors (Lipinski definition) is 1. The van der Waals surface area contributed by atoms with Crippen molar-refractivity contribution in [2.75, 3.05) is 7.11 Å². The summed E-state index contributed by atoms with van der Waals surface area (Å²) in [6.07, 6.45) is 1.73. The second kappa shape index (κ2) is 11.4. The second-order valence-corrected chi connectivity index (χ2v) is 9.55. The number of esters is 1. The van der Waals surface area contributed by atoms with Crippen molar-refractivity contribution in [3.63, 3.8) is 0 Å². The molecule has 0 bridgehead atoms. The first-order chi connectivity index (χ1) is 17.7. The topological polar surface area (TPSA) is 72.7 Å². The first-order valence-electron chi connectivity index (χ1n) is 10.8. The van der Waals surface area contributed by atoms with Crippen LogP contribution in [-0.2, 0) is 16.0 Å². The fourth-order valence-corrected chi connectivity index (χ4v) is 5.24. The summed E-state index contributed by atoms with van der Waals surface area (Å²) in [6, 6.07) is 13.9. The van der Waals surface area contributed by atoms with Gasteiger partial charge in [-0.25, -0.2) is 9.64 Å². The molecule has 6 nitrogen and oxygen atoms in total. The number of fused-ring (bicyclic) bond motifs is 1. The second-order valence-electron chi connectivity index (χ2n) is 7.92. The smallest absolute Gasteiger partial charge is 0.328 e. The van der Waals surface area contributed by atoms with Crippen LogP contribution in [0.25, 0.3) is 26.9 Å². The molecular formula is C27H17Cl4N3O3. The zero-order chi connectivity index (χ0) is 26.7. The van der Waals surface area contributed by atoms with Crippen LogP contribution in [0, 0.1) is 6.57 Å². The molecule has 0 unspecified atom stereocenters. The van der Waals surface area contributed by atoms with E-state index in [4.69, 9.17) is 57.7 Å². The predicted molar refractivity (Wildman–Crippen MR) is 147 cm³/mol. The average molecular weight is 573 g/mol. The first-order valence-corrected chi connectivity index (χ1v) is 12.3. The van der Waals surface area contributed by atoms with E-state index in [-0.39, 0.29) is 22.0 Å². The number of nitrogens with zero attached hydrogens (tertiary/aromatic N) is 2. The number of aromatic nitrogens is 1. The molecule has 4 rings (SSSR count). The minimum atomic E-state index is -1.04. The number of nitrogens with one attached hydrogen (secondary N) is 1. The van der Waals surface area contributed by atoms with Gasteiger partial charge in [0.05, 0.1) is 34.8 Å². The van der Waals surface area contributed by atoms with Crippen molar-refractivity contribution < 1.29 is 14.3 Å². The standard InChI is InChI=1S/C27H17Cl4N3O3/c1-32-15-12-20(30)23(21(31)13-15)17-9-8-14(16-5-4-10-33-25(16)17)11-22(27(36)37-2)34-26(35)24-18(28)6-3-7-19(24)29/h3-10,12-13,22H,11H2,2H3,(H,34,35)/t22-/m0/s1. The lowest BCUT2D eigenvalue weighted by molar-refractivity contribution is -0.142. The van der Waals surface area contributed by atoms with Crippen LogP contribution in [-0.4, -0.2) is 30.0 Å². The van der Waals surface area contributed by atoms with E-state index in [2.05, 4.69) is 15.1 Å². The van der Waals surface area contributed by atoms with Gasteiger partial charge < -0.3 is 10.1 Å². The number of carbonyl (C=O) groups excluding carboxylic acids is 2. The van der Waals surface area contributed by atoms with Gasteiger partial charge in [-0.05, 0) is 35.9 Å². The van der Waals surface area contributed by atoms with Crippen molar-refractivity contribution in [3.05, 3.63) is 103 Å². The van der Waals surface area contributed by atoms with E-state index in [1.165, 1.54) is 19.2 Å². The Morgan fingerprint density at radius 1 is 1.00 bits per heavy atom. The maximum absolute atomic E-state index is 13.0. The van der Waals surface area contributed by atoms with E-state index >= 15 is 0 Å². The van der Waals surface area contributed by atoms with Crippen LogP contribution in [0.3, 0.4) is 0 Å². The molecule has 4 aromatic rings. The normalized spacial score (nSPS) is 11.6. The van der Waals surface area contributed by atoms with Gasteiger partial charge >= 0.3 is 5.97 Å². The Bertz CT molecular complexity index is 1540. The average Bonchev–Trinajstić information content (AvgIpc) is 2.88. The number of rotatable bonds is 6. The van der Waals surface area contributed by atoms with E-state index in [0.29, 0.717) is 32.4 Å². The minimum Gasteiger partial charge on any atom is -0.467 e. The van der Waals surface area contributed by atoms with Crippen molar-refractivity contribution in [1.29, 1.82) is 0 Å². The highest BCUT2D eigenvalue weighted by Crippen LogP contribution is 2.41. The van der Waals surface area contributed by atoms with Crippen molar-refractivity contribution in [1.82, 2.24) is 10.3 Å². The maximum atomic E-state index is 13.0. The summed E-state index contributed by atoms with van der Waals surface area (Å²) in [5, 5.41) is 4.35. The quantitative estimate of drug-likeness (QED) is 0.191. The molecule has 0 aliphatic carbocycles. The van der Waals surface area contributed by atoms with Gasteiger partial charge in [0, 0.05) is 39.2 Å². The van der Waals surface area contributed by atoms with Crippen LogP contribution in [0.15, 0.2) is 60.8 Å². The summed E-state index contributed by atoms with van der Waals surface area (Å²) in [4.78, 5) is 33.6. The van der Waals surface area contributed by atoms with Crippen molar-refractivity contribution in [3.8, 4) is 11.1 Å². The van der Waals surface area contributed by atoms with Crippen molar-refractivity contribution in [2.45, 2.75) is 12.5 Å². The molecule has 0 radical (unpaired) electrons. The molecule has 1 heterocycles. The number of carbonyl (C=O) groups is 2. The minimum absolute atomic E-state index is 0.0637. The van der Waals surface area contributed by atoms with Crippen LogP contribution in [0.1, 0.15) is 15.9 Å². The SMILES string of the molecule is [C-]#[N+]c1cc(Cl)c(-c2ccc(C[C@H](NC(=O)c3c(Cl)cccc3Cl)C(=O)OC)c3cccnc23)c(Cl)c1. The van der Waals surface area contributed by atoms with E-state index < -0.39 is 17.9 Å². The summed E-state index contributed by atoms with van der Waals surface area (Å²) in [5.41, 5.74) is 2.89. The third-order valence-corrected chi connectivity index (χ3v) is 6.92. The van der Waals surface area contributed by atoms with E-state index in [0.717, 1.165) is 10.9 Å². The Morgan fingerprint density at radius 3 is 2.30 bits per heavy atom. The molecule has 1 N–H and O–H groups in total. The summed E-state index contributed by atoms with van der Waals surface area (Å²) in [6.45, 7) is 7.23. The molecule has 1 amide bonds. The zero-order valence-electron chi connectivity index (χ0n) is 19.2. The number of amides is 1. The van der Waals surface area contributed by atoms with Crippen LogP contribution in [0.2, 0.25) is 20.1 Å². The Labute approximate surface area is 232 Å². The fourth-order valence-electron chi connectivity index (χ4n) is 3.99. The molecule has 1 aromatic heterocycles. The Hall–Kier alpha value is -3.34. The van der Waals surface area contributed by atoms with Crippen LogP contribution < -0.4 is 5.32 Å². The Morgan fingerprint density at radius 2 is 1.68 bits per heavy atom. The van der Waals surface area contributed by atoms with E-state index in [9.17, 15) is 9.59 Å². The monoisotopic (exact) mass is 571 g/mol. The predicted octanol–water partition coefficient (Wildman–Crippen LogP) is 7.58. The molecule has 0 spiro atoms. The van der Waals surface area contributed by atoms with Gasteiger partial charge in [0.1, 0.15) is 6.04 Å². The van der Waals surface area contributed by atoms with Gasteiger partial charge in [-0.1, -0.05) is 70.7 Å². The lowest BCUT2D eigenvalue weighted by Crippen LogP contribution is -2.43. The molecule has 3 aromatic carbocycles. The van der Waals surface area contributed by atoms with Crippen LogP contribution in [0.5, 0.6) is 0 Å². The van der Waals surface area contributed by atoms with Crippen LogP contribution in [0.4, 0.5) is 5.69 Å². The summed E-state index contributed by atoms with van der Waals surface area (Å²) < 4.78 is 4.95. The van der Waals surface area contributed by atoms with Crippen molar-refractivity contribution >= 4 is 74.9 Å². The molecule has 0 saturated heterocycles. The highest BCUT2D eigenvalue weighted by molar-refractivity contribution is 6.40. The number of ether oxygens (including phenoxy) is 1.